The number of benzene rings is 1. The molecule has 1 unspecified atom stereocenters. The number of carbonyl (C=O) groups excluding carboxylic acids is 1. The molecule has 1 aliphatic heterocycles. The van der Waals surface area contributed by atoms with Crippen LogP contribution in [0.25, 0.3) is 5.70 Å². The Bertz CT molecular complexity index is 954. The summed E-state index contributed by atoms with van der Waals surface area (Å²) in [7, 11) is 4.21. The first-order valence-electron chi connectivity index (χ1n) is 7.37. The number of rotatable bonds is 2. The van der Waals surface area contributed by atoms with Crippen molar-refractivity contribution >= 4 is 17.5 Å². The normalized spacial score (nSPS) is 16.0. The Kier molecular flexibility index (Phi) is 3.84. The molecule has 24 heavy (non-hydrogen) atoms. The smallest absolute Gasteiger partial charge is 0.332 e. The van der Waals surface area contributed by atoms with Gasteiger partial charge in [0.1, 0.15) is 11.7 Å². The van der Waals surface area contributed by atoms with E-state index in [1.54, 1.807) is 13.1 Å². The first-order valence-corrected chi connectivity index (χ1v) is 7.37. The summed E-state index contributed by atoms with van der Waals surface area (Å²) in [5, 5.41) is 3.10. The van der Waals surface area contributed by atoms with Gasteiger partial charge in [-0.1, -0.05) is 30.3 Å². The van der Waals surface area contributed by atoms with Crippen LogP contribution in [-0.4, -0.2) is 22.2 Å². The van der Waals surface area contributed by atoms with Crippen molar-refractivity contribution in [2.24, 2.45) is 14.1 Å². The average Bonchev–Trinajstić information content (AvgIpc) is 2.63. The highest BCUT2D eigenvalue weighted by molar-refractivity contribution is 5.91. The summed E-state index contributed by atoms with van der Waals surface area (Å²) in [4.78, 5) is 37.0. The minimum atomic E-state index is -0.882. The Balaban J connectivity index is 2.28. The van der Waals surface area contributed by atoms with Gasteiger partial charge in [-0.15, -0.1) is 0 Å². The predicted octanol–water partition coefficient (Wildman–Crippen LogP) is 0.807. The standard InChI is InChI=1S/C17H17N3O4/c1-19-14-13(15(21)20(2)17(19)23)11(16(22)24-3)9-12(18-14)10-7-5-4-6-8-10/h4-9,11,18H,1-3H3. The minimum Gasteiger partial charge on any atom is -0.468 e. The van der Waals surface area contributed by atoms with E-state index in [0.29, 0.717) is 11.5 Å². The molecule has 1 N–H and O–H groups in total. The van der Waals surface area contributed by atoms with Gasteiger partial charge in [0.05, 0.1) is 12.7 Å². The van der Waals surface area contributed by atoms with Gasteiger partial charge in [-0.25, -0.2) is 4.79 Å². The number of nitrogens with one attached hydrogen (secondary N) is 1. The highest BCUT2D eigenvalue weighted by atomic mass is 16.5. The summed E-state index contributed by atoms with van der Waals surface area (Å²) in [6, 6.07) is 9.35. The maximum atomic E-state index is 12.5. The summed E-state index contributed by atoms with van der Waals surface area (Å²) in [6.45, 7) is 0. The number of ether oxygens (including phenoxy) is 1. The van der Waals surface area contributed by atoms with Gasteiger partial charge in [-0.05, 0) is 11.6 Å². The van der Waals surface area contributed by atoms with E-state index in [-0.39, 0.29) is 5.56 Å². The Labute approximate surface area is 137 Å². The topological polar surface area (TPSA) is 82.3 Å². The zero-order chi connectivity index (χ0) is 17.4. The van der Waals surface area contributed by atoms with Gasteiger partial charge in [0.25, 0.3) is 5.56 Å². The molecule has 1 aromatic heterocycles. The van der Waals surface area contributed by atoms with Crippen LogP contribution in [0, 0.1) is 0 Å². The fourth-order valence-electron chi connectivity index (χ4n) is 2.82. The summed E-state index contributed by atoms with van der Waals surface area (Å²) in [6.07, 6.45) is 1.65. The van der Waals surface area contributed by atoms with Crippen LogP contribution < -0.4 is 16.6 Å². The lowest BCUT2D eigenvalue weighted by atomic mass is 9.94. The van der Waals surface area contributed by atoms with E-state index in [0.717, 1.165) is 10.1 Å². The van der Waals surface area contributed by atoms with Gasteiger partial charge in [0.2, 0.25) is 0 Å². The number of nitrogens with zero attached hydrogens (tertiary/aromatic N) is 2. The second kappa shape index (κ2) is 5.84. The van der Waals surface area contributed by atoms with Gasteiger partial charge in [-0.2, -0.15) is 0 Å². The van der Waals surface area contributed by atoms with Crippen molar-refractivity contribution in [2.75, 3.05) is 12.4 Å². The molecule has 0 saturated carbocycles. The van der Waals surface area contributed by atoms with E-state index in [2.05, 4.69) is 5.32 Å². The molecular weight excluding hydrogens is 310 g/mol. The van der Waals surface area contributed by atoms with Gasteiger partial charge in [-0.3, -0.25) is 18.7 Å². The molecule has 0 bridgehead atoms. The van der Waals surface area contributed by atoms with Crippen LogP contribution in [0.1, 0.15) is 17.0 Å². The molecule has 0 spiro atoms. The van der Waals surface area contributed by atoms with E-state index in [9.17, 15) is 14.4 Å². The van der Waals surface area contributed by atoms with E-state index in [1.807, 2.05) is 30.3 Å². The summed E-state index contributed by atoms with van der Waals surface area (Å²) in [5.74, 6) is -1.13. The molecule has 124 valence electrons. The minimum absolute atomic E-state index is 0.200. The largest absolute Gasteiger partial charge is 0.468 e. The maximum Gasteiger partial charge on any atom is 0.332 e. The molecule has 0 fully saturated rings. The van der Waals surface area contributed by atoms with Crippen LogP contribution in [0.15, 0.2) is 46.0 Å². The number of aromatic nitrogens is 2. The Morgan fingerprint density at radius 2 is 1.79 bits per heavy atom. The third kappa shape index (κ3) is 2.34. The molecule has 2 aromatic rings. The quantitative estimate of drug-likeness (QED) is 0.825. The second-order valence-corrected chi connectivity index (χ2v) is 5.54. The fraction of sp³-hybridized carbons (Fsp3) is 0.235. The molecule has 0 radical (unpaired) electrons. The summed E-state index contributed by atoms with van der Waals surface area (Å²) >= 11 is 0. The highest BCUT2D eigenvalue weighted by Crippen LogP contribution is 2.33. The van der Waals surface area contributed by atoms with Crippen molar-refractivity contribution in [3.63, 3.8) is 0 Å². The molecule has 3 rings (SSSR count). The number of hydrogen-bond donors (Lipinski definition) is 1. The zero-order valence-corrected chi connectivity index (χ0v) is 13.6. The number of carbonyl (C=O) groups is 1. The number of anilines is 1. The van der Waals surface area contributed by atoms with E-state index in [4.69, 9.17) is 4.74 Å². The molecule has 0 aliphatic carbocycles. The van der Waals surface area contributed by atoms with Crippen LogP contribution in [0.5, 0.6) is 0 Å². The molecule has 0 amide bonds. The molecular formula is C17H17N3O4. The van der Waals surface area contributed by atoms with Crippen molar-refractivity contribution in [3.8, 4) is 0 Å². The third-order valence-electron chi connectivity index (χ3n) is 4.14. The van der Waals surface area contributed by atoms with Crippen molar-refractivity contribution in [2.45, 2.75) is 5.92 Å². The fourth-order valence-corrected chi connectivity index (χ4v) is 2.82. The first-order chi connectivity index (χ1) is 11.5. The molecule has 1 atom stereocenters. The molecule has 0 saturated heterocycles. The van der Waals surface area contributed by atoms with Crippen LogP contribution in [0.3, 0.4) is 0 Å². The molecule has 7 nitrogen and oxygen atoms in total. The Hall–Kier alpha value is -3.09. The average molecular weight is 327 g/mol. The lowest BCUT2D eigenvalue weighted by Gasteiger charge is -2.26. The van der Waals surface area contributed by atoms with E-state index in [1.165, 1.54) is 18.7 Å². The first kappa shape index (κ1) is 15.8. The lowest BCUT2D eigenvalue weighted by molar-refractivity contribution is -0.141. The van der Waals surface area contributed by atoms with Crippen LogP contribution in [0.4, 0.5) is 5.82 Å². The summed E-state index contributed by atoms with van der Waals surface area (Å²) in [5.41, 5.74) is 0.696. The Morgan fingerprint density at radius 1 is 1.12 bits per heavy atom. The van der Waals surface area contributed by atoms with Crippen molar-refractivity contribution in [1.82, 2.24) is 9.13 Å². The summed E-state index contributed by atoms with van der Waals surface area (Å²) < 4.78 is 7.15. The second-order valence-electron chi connectivity index (χ2n) is 5.54. The molecule has 7 heteroatoms. The molecule has 2 heterocycles. The number of hydrogen-bond acceptors (Lipinski definition) is 5. The third-order valence-corrected chi connectivity index (χ3v) is 4.14. The number of fused-ring (bicyclic) bond motifs is 1. The SMILES string of the molecule is COC(=O)C1C=C(c2ccccc2)Nc2c1c(=O)n(C)c(=O)n2C. The van der Waals surface area contributed by atoms with Gasteiger partial charge in [0, 0.05) is 19.8 Å². The number of methoxy groups -OCH3 is 1. The van der Waals surface area contributed by atoms with E-state index >= 15 is 0 Å². The molecule has 1 aromatic carbocycles. The maximum absolute atomic E-state index is 12.5. The highest BCUT2D eigenvalue weighted by Gasteiger charge is 2.32. The van der Waals surface area contributed by atoms with Gasteiger partial charge < -0.3 is 10.1 Å². The van der Waals surface area contributed by atoms with Crippen molar-refractivity contribution in [3.05, 3.63) is 68.4 Å². The monoisotopic (exact) mass is 327 g/mol. The lowest BCUT2D eigenvalue weighted by Crippen LogP contribution is -2.43. The Morgan fingerprint density at radius 3 is 2.42 bits per heavy atom. The van der Waals surface area contributed by atoms with Crippen molar-refractivity contribution in [1.29, 1.82) is 0 Å². The van der Waals surface area contributed by atoms with Crippen molar-refractivity contribution < 1.29 is 9.53 Å². The van der Waals surface area contributed by atoms with Crippen LogP contribution in [-0.2, 0) is 23.6 Å². The van der Waals surface area contributed by atoms with Crippen LogP contribution >= 0.6 is 0 Å². The van der Waals surface area contributed by atoms with E-state index < -0.39 is 23.1 Å². The van der Waals surface area contributed by atoms with Gasteiger partial charge >= 0.3 is 11.7 Å². The van der Waals surface area contributed by atoms with Gasteiger partial charge in [0.15, 0.2) is 0 Å². The predicted molar refractivity (Wildman–Crippen MR) is 89.7 cm³/mol. The zero-order valence-electron chi connectivity index (χ0n) is 13.6. The molecule has 1 aliphatic rings. The van der Waals surface area contributed by atoms with Crippen LogP contribution in [0.2, 0.25) is 0 Å². The number of esters is 1.